The van der Waals surface area contributed by atoms with E-state index in [1.807, 2.05) is 30.3 Å². The summed E-state index contributed by atoms with van der Waals surface area (Å²) in [6, 6.07) is 15.1. The molecular formula is C15H12N4O3. The number of ether oxygens (including phenoxy) is 1. The number of phenolic OH excluding ortho intramolecular Hbond substituents is 1. The molecule has 3 rings (SSSR count). The minimum Gasteiger partial charge on any atom is -0.508 e. The lowest BCUT2D eigenvalue weighted by atomic mass is 10.2. The fraction of sp³-hybridized carbons (Fsp3) is 0.0667. The standard InChI is InChI=1S/C15H12N4O3/c20-13-8-6-11(7-9-13)15(21)22-10-14-16-17-18-19(14)12-4-2-1-3-5-12/h1-9,20H,10H2. The third kappa shape index (κ3) is 2.93. The molecule has 2 aromatic carbocycles. The van der Waals surface area contributed by atoms with Gasteiger partial charge < -0.3 is 9.84 Å². The minimum absolute atomic E-state index is 0.0540. The molecule has 110 valence electrons. The molecule has 0 aliphatic heterocycles. The second kappa shape index (κ2) is 6.04. The van der Waals surface area contributed by atoms with Gasteiger partial charge in [0.25, 0.3) is 0 Å². The molecule has 3 aromatic rings. The first-order valence-electron chi connectivity index (χ1n) is 6.53. The van der Waals surface area contributed by atoms with Crippen LogP contribution in [-0.4, -0.2) is 31.3 Å². The quantitative estimate of drug-likeness (QED) is 0.737. The van der Waals surface area contributed by atoms with Gasteiger partial charge in [-0.05, 0) is 46.8 Å². The molecule has 0 spiro atoms. The van der Waals surface area contributed by atoms with E-state index >= 15 is 0 Å². The van der Waals surface area contributed by atoms with Gasteiger partial charge in [0.15, 0.2) is 12.4 Å². The van der Waals surface area contributed by atoms with E-state index in [0.717, 1.165) is 5.69 Å². The zero-order chi connectivity index (χ0) is 15.4. The van der Waals surface area contributed by atoms with Crippen molar-refractivity contribution in [1.82, 2.24) is 20.2 Å². The number of hydrogen-bond acceptors (Lipinski definition) is 6. The van der Waals surface area contributed by atoms with Crippen LogP contribution in [0.25, 0.3) is 5.69 Å². The second-order valence-corrected chi connectivity index (χ2v) is 4.47. The number of benzene rings is 2. The molecule has 0 atom stereocenters. The van der Waals surface area contributed by atoms with Crippen LogP contribution in [0.1, 0.15) is 16.2 Å². The topological polar surface area (TPSA) is 90.1 Å². The van der Waals surface area contributed by atoms with Gasteiger partial charge in [0.1, 0.15) is 5.75 Å². The number of para-hydroxylation sites is 1. The van der Waals surface area contributed by atoms with Gasteiger partial charge in [0, 0.05) is 0 Å². The number of aromatic hydroxyl groups is 1. The van der Waals surface area contributed by atoms with Gasteiger partial charge in [-0.15, -0.1) is 5.10 Å². The summed E-state index contributed by atoms with van der Waals surface area (Å²) in [4.78, 5) is 11.9. The largest absolute Gasteiger partial charge is 0.508 e. The zero-order valence-electron chi connectivity index (χ0n) is 11.5. The summed E-state index contributed by atoms with van der Waals surface area (Å²) in [5.41, 5.74) is 1.12. The molecular weight excluding hydrogens is 284 g/mol. The van der Waals surface area contributed by atoms with Gasteiger partial charge in [-0.3, -0.25) is 0 Å². The molecule has 0 fully saturated rings. The number of esters is 1. The van der Waals surface area contributed by atoms with Crippen molar-refractivity contribution < 1.29 is 14.6 Å². The van der Waals surface area contributed by atoms with Gasteiger partial charge in [-0.25, -0.2) is 4.79 Å². The molecule has 7 nitrogen and oxygen atoms in total. The zero-order valence-corrected chi connectivity index (χ0v) is 11.5. The van der Waals surface area contributed by atoms with Crippen LogP contribution < -0.4 is 0 Å². The van der Waals surface area contributed by atoms with Crippen LogP contribution in [0, 0.1) is 0 Å². The second-order valence-electron chi connectivity index (χ2n) is 4.47. The summed E-state index contributed by atoms with van der Waals surface area (Å²) >= 11 is 0. The van der Waals surface area contributed by atoms with E-state index < -0.39 is 5.97 Å². The van der Waals surface area contributed by atoms with Crippen molar-refractivity contribution in [2.75, 3.05) is 0 Å². The third-order valence-corrected chi connectivity index (χ3v) is 2.97. The van der Waals surface area contributed by atoms with Gasteiger partial charge in [-0.2, -0.15) is 4.68 Å². The number of tetrazole rings is 1. The molecule has 0 bridgehead atoms. The normalized spacial score (nSPS) is 10.4. The van der Waals surface area contributed by atoms with Crippen molar-refractivity contribution in [2.24, 2.45) is 0 Å². The van der Waals surface area contributed by atoms with E-state index in [0.29, 0.717) is 11.4 Å². The first-order valence-corrected chi connectivity index (χ1v) is 6.53. The lowest BCUT2D eigenvalue weighted by molar-refractivity contribution is 0.0459. The average Bonchev–Trinajstić information content (AvgIpc) is 3.02. The molecule has 7 heteroatoms. The van der Waals surface area contributed by atoms with Crippen molar-refractivity contribution in [3.8, 4) is 11.4 Å². The summed E-state index contributed by atoms with van der Waals surface area (Å²) in [6.45, 7) is -0.0540. The molecule has 0 unspecified atom stereocenters. The number of hydrogen-bond donors (Lipinski definition) is 1. The van der Waals surface area contributed by atoms with Crippen LogP contribution in [0.3, 0.4) is 0 Å². The minimum atomic E-state index is -0.511. The number of phenols is 1. The molecule has 1 aromatic heterocycles. The number of aromatic nitrogens is 4. The van der Waals surface area contributed by atoms with Crippen molar-refractivity contribution in [1.29, 1.82) is 0 Å². The van der Waals surface area contributed by atoms with E-state index in [9.17, 15) is 9.90 Å². The molecule has 0 saturated heterocycles. The van der Waals surface area contributed by atoms with E-state index in [-0.39, 0.29) is 12.4 Å². The Bertz CT molecular complexity index is 769. The van der Waals surface area contributed by atoms with Crippen LogP contribution in [0.15, 0.2) is 54.6 Å². The summed E-state index contributed by atoms with van der Waals surface area (Å²) < 4.78 is 6.69. The lowest BCUT2D eigenvalue weighted by Crippen LogP contribution is -2.09. The maximum atomic E-state index is 11.9. The van der Waals surface area contributed by atoms with E-state index in [4.69, 9.17) is 4.74 Å². The predicted octanol–water partition coefficient (Wildman–Crippen LogP) is 1.72. The molecule has 1 heterocycles. The van der Waals surface area contributed by atoms with E-state index in [2.05, 4.69) is 15.5 Å². The number of carbonyl (C=O) groups is 1. The maximum absolute atomic E-state index is 11.9. The summed E-state index contributed by atoms with van der Waals surface area (Å²) in [5, 5.41) is 20.5. The molecule has 0 radical (unpaired) electrons. The van der Waals surface area contributed by atoms with Gasteiger partial charge in [0.2, 0.25) is 0 Å². The first-order chi connectivity index (χ1) is 10.7. The Morgan fingerprint density at radius 2 is 1.82 bits per heavy atom. The summed E-state index contributed by atoms with van der Waals surface area (Å²) in [7, 11) is 0. The van der Waals surface area contributed by atoms with E-state index in [1.54, 1.807) is 0 Å². The predicted molar refractivity (Wildman–Crippen MR) is 76.4 cm³/mol. The molecule has 0 saturated carbocycles. The molecule has 0 amide bonds. The highest BCUT2D eigenvalue weighted by molar-refractivity contribution is 5.89. The fourth-order valence-corrected chi connectivity index (χ4v) is 1.88. The first kappa shape index (κ1) is 13.7. The Morgan fingerprint density at radius 1 is 1.09 bits per heavy atom. The van der Waals surface area contributed by atoms with Crippen molar-refractivity contribution in [2.45, 2.75) is 6.61 Å². The maximum Gasteiger partial charge on any atom is 0.338 e. The highest BCUT2D eigenvalue weighted by Gasteiger charge is 2.12. The highest BCUT2D eigenvalue weighted by Crippen LogP contribution is 2.12. The van der Waals surface area contributed by atoms with Crippen LogP contribution >= 0.6 is 0 Å². The Balaban J connectivity index is 1.71. The number of nitrogens with zero attached hydrogens (tertiary/aromatic N) is 4. The molecule has 1 N–H and O–H groups in total. The summed E-state index contributed by atoms with van der Waals surface area (Å²) in [6.07, 6.45) is 0. The van der Waals surface area contributed by atoms with Crippen molar-refractivity contribution >= 4 is 5.97 Å². The third-order valence-electron chi connectivity index (χ3n) is 2.97. The summed E-state index contributed by atoms with van der Waals surface area (Å²) in [5.74, 6) is -0.00879. The fourth-order valence-electron chi connectivity index (χ4n) is 1.88. The Morgan fingerprint density at radius 3 is 2.55 bits per heavy atom. The number of rotatable bonds is 4. The van der Waals surface area contributed by atoms with Crippen LogP contribution in [-0.2, 0) is 11.3 Å². The SMILES string of the molecule is O=C(OCc1nnnn1-c1ccccc1)c1ccc(O)cc1. The van der Waals surface area contributed by atoms with Crippen LogP contribution in [0.2, 0.25) is 0 Å². The monoisotopic (exact) mass is 296 g/mol. The molecule has 0 aliphatic rings. The highest BCUT2D eigenvalue weighted by atomic mass is 16.5. The van der Waals surface area contributed by atoms with Gasteiger partial charge in [-0.1, -0.05) is 18.2 Å². The van der Waals surface area contributed by atoms with Crippen LogP contribution in [0.5, 0.6) is 5.75 Å². The van der Waals surface area contributed by atoms with E-state index in [1.165, 1.54) is 28.9 Å². The van der Waals surface area contributed by atoms with Crippen LogP contribution in [0.4, 0.5) is 0 Å². The van der Waals surface area contributed by atoms with Crippen molar-refractivity contribution in [3.63, 3.8) is 0 Å². The smallest absolute Gasteiger partial charge is 0.338 e. The molecule has 0 aliphatic carbocycles. The Labute approximate surface area is 125 Å². The van der Waals surface area contributed by atoms with Gasteiger partial charge in [0.05, 0.1) is 11.3 Å². The Hall–Kier alpha value is -3.22. The Kier molecular flexibility index (Phi) is 3.78. The van der Waals surface area contributed by atoms with Crippen molar-refractivity contribution in [3.05, 3.63) is 66.0 Å². The van der Waals surface area contributed by atoms with Gasteiger partial charge >= 0.3 is 5.97 Å². The molecule has 22 heavy (non-hydrogen) atoms. The number of carbonyl (C=O) groups excluding carboxylic acids is 1. The average molecular weight is 296 g/mol. The lowest BCUT2D eigenvalue weighted by Gasteiger charge is -2.06.